The molecule has 0 saturated heterocycles. The van der Waals surface area contributed by atoms with Gasteiger partial charge in [0, 0.05) is 38.4 Å². The molecule has 0 saturated carbocycles. The van der Waals surface area contributed by atoms with Crippen molar-refractivity contribution in [3.63, 3.8) is 0 Å². The molecule has 0 aliphatic heterocycles. The predicted molar refractivity (Wildman–Crippen MR) is 99.3 cm³/mol. The smallest absolute Gasteiger partial charge is 0.191 e. The van der Waals surface area contributed by atoms with E-state index in [4.69, 9.17) is 0 Å². The van der Waals surface area contributed by atoms with Crippen molar-refractivity contribution in [3.8, 4) is 0 Å². The Kier molecular flexibility index (Phi) is 9.60. The van der Waals surface area contributed by atoms with E-state index in [1.165, 1.54) is 5.56 Å². The van der Waals surface area contributed by atoms with Crippen LogP contribution < -0.4 is 10.6 Å². The minimum Gasteiger partial charge on any atom is -0.354 e. The quantitative estimate of drug-likeness (QED) is 0.427. The van der Waals surface area contributed by atoms with Crippen molar-refractivity contribution in [1.29, 1.82) is 0 Å². The number of nitrogens with one attached hydrogen (secondary N) is 2. The molecular weight excluding hydrogens is 379 g/mol. The second-order valence-corrected chi connectivity index (χ2v) is 5.33. The molecule has 122 valence electrons. The molecule has 21 heavy (non-hydrogen) atoms. The van der Waals surface area contributed by atoms with Crippen molar-refractivity contribution in [1.82, 2.24) is 25.3 Å². The molecule has 2 N–H and O–H groups in total. The Balaban J connectivity index is 0.00000400. The molecule has 1 aromatic rings. The molecule has 6 nitrogen and oxygen atoms in total. The van der Waals surface area contributed by atoms with Crippen LogP contribution in [0, 0.1) is 0 Å². The molecule has 0 aliphatic rings. The first-order chi connectivity index (χ1) is 9.47. The zero-order chi connectivity index (χ0) is 15.1. The molecule has 0 bridgehead atoms. The predicted octanol–water partition coefficient (Wildman–Crippen LogP) is 1.60. The molecule has 0 spiro atoms. The highest BCUT2D eigenvalue weighted by Gasteiger charge is 2.16. The molecule has 1 heterocycles. The molecule has 0 radical (unpaired) electrons. The monoisotopic (exact) mass is 408 g/mol. The maximum Gasteiger partial charge on any atom is 0.191 e. The normalized spacial score (nSPS) is 14.5. The van der Waals surface area contributed by atoms with Gasteiger partial charge in [-0.2, -0.15) is 5.10 Å². The van der Waals surface area contributed by atoms with Gasteiger partial charge in [-0.1, -0.05) is 6.92 Å². The van der Waals surface area contributed by atoms with E-state index >= 15 is 0 Å². The number of guanidine groups is 1. The van der Waals surface area contributed by atoms with E-state index < -0.39 is 0 Å². The summed E-state index contributed by atoms with van der Waals surface area (Å²) in [6.45, 7) is 5.09. The minimum absolute atomic E-state index is 0. The average Bonchev–Trinajstić information content (AvgIpc) is 2.83. The Bertz CT molecular complexity index is 429. The summed E-state index contributed by atoms with van der Waals surface area (Å²) in [5.41, 5.74) is 1.20. The van der Waals surface area contributed by atoms with Crippen LogP contribution in [0.4, 0.5) is 0 Å². The van der Waals surface area contributed by atoms with E-state index in [-0.39, 0.29) is 30.0 Å². The molecule has 7 heteroatoms. The first-order valence-electron chi connectivity index (χ1n) is 7.10. The molecule has 0 aliphatic carbocycles. The lowest BCUT2D eigenvalue weighted by atomic mass is 10.1. The van der Waals surface area contributed by atoms with Crippen molar-refractivity contribution in [3.05, 3.63) is 18.0 Å². The highest BCUT2D eigenvalue weighted by atomic mass is 127. The third-order valence-electron chi connectivity index (χ3n) is 3.41. The zero-order valence-electron chi connectivity index (χ0n) is 13.9. The fourth-order valence-electron chi connectivity index (χ4n) is 1.93. The van der Waals surface area contributed by atoms with E-state index in [9.17, 15) is 0 Å². The van der Waals surface area contributed by atoms with Gasteiger partial charge in [0.15, 0.2) is 5.96 Å². The number of hydrogen-bond donors (Lipinski definition) is 2. The van der Waals surface area contributed by atoms with Gasteiger partial charge in [-0.15, -0.1) is 24.0 Å². The summed E-state index contributed by atoms with van der Waals surface area (Å²) in [6.07, 6.45) is 5.04. The van der Waals surface area contributed by atoms with E-state index in [0.29, 0.717) is 6.04 Å². The number of nitrogens with zero attached hydrogens (tertiary/aromatic N) is 4. The van der Waals surface area contributed by atoms with Gasteiger partial charge in [-0.25, -0.2) is 0 Å². The molecule has 0 aromatic carbocycles. The number of aromatic nitrogens is 2. The Morgan fingerprint density at radius 3 is 2.57 bits per heavy atom. The molecule has 2 unspecified atom stereocenters. The van der Waals surface area contributed by atoms with Gasteiger partial charge in [0.05, 0.1) is 12.2 Å². The second kappa shape index (κ2) is 9.99. The molecule has 0 fully saturated rings. The lowest BCUT2D eigenvalue weighted by Gasteiger charge is -2.25. The van der Waals surface area contributed by atoms with E-state index in [0.717, 1.165) is 18.9 Å². The molecule has 1 rings (SSSR count). The fourth-order valence-corrected chi connectivity index (χ4v) is 1.93. The van der Waals surface area contributed by atoms with Crippen LogP contribution in [0.25, 0.3) is 0 Å². The summed E-state index contributed by atoms with van der Waals surface area (Å²) < 4.78 is 1.83. The molecular formula is C14H29IN6. The van der Waals surface area contributed by atoms with Crippen molar-refractivity contribution in [2.75, 3.05) is 27.7 Å². The fraction of sp³-hybridized carbons (Fsp3) is 0.714. The van der Waals surface area contributed by atoms with Gasteiger partial charge < -0.3 is 15.5 Å². The summed E-state index contributed by atoms with van der Waals surface area (Å²) in [5.74, 6) is 0.843. The van der Waals surface area contributed by atoms with Crippen LogP contribution in [-0.2, 0) is 7.05 Å². The molecule has 1 aromatic heterocycles. The first-order valence-corrected chi connectivity index (χ1v) is 7.10. The van der Waals surface area contributed by atoms with Gasteiger partial charge in [0.25, 0.3) is 0 Å². The Labute approximate surface area is 145 Å². The Hall–Kier alpha value is -0.830. The summed E-state index contributed by atoms with van der Waals surface area (Å²) in [5, 5.41) is 11.0. The number of likely N-dealkylation sites (N-methyl/N-ethyl adjacent to an activating group) is 1. The number of aliphatic imine (C=N–C) groups is 1. The molecule has 2 atom stereocenters. The van der Waals surface area contributed by atoms with Crippen LogP contribution in [0.5, 0.6) is 0 Å². The number of aryl methyl sites for hydroxylation is 1. The summed E-state index contributed by atoms with van der Waals surface area (Å²) in [6, 6.07) is 0.677. The van der Waals surface area contributed by atoms with Crippen LogP contribution >= 0.6 is 24.0 Å². The van der Waals surface area contributed by atoms with Gasteiger partial charge in [0.2, 0.25) is 0 Å². The summed E-state index contributed by atoms with van der Waals surface area (Å²) >= 11 is 0. The van der Waals surface area contributed by atoms with E-state index in [2.05, 4.69) is 59.8 Å². The number of halogens is 1. The lowest BCUT2D eigenvalue weighted by Crippen LogP contribution is -2.44. The van der Waals surface area contributed by atoms with Crippen LogP contribution in [0.15, 0.2) is 17.4 Å². The van der Waals surface area contributed by atoms with Gasteiger partial charge in [-0.05, 0) is 27.4 Å². The second-order valence-electron chi connectivity index (χ2n) is 5.33. The Morgan fingerprint density at radius 1 is 1.48 bits per heavy atom. The lowest BCUT2D eigenvalue weighted by molar-refractivity contribution is 0.298. The third-order valence-corrected chi connectivity index (χ3v) is 3.41. The SMILES string of the molecule is CCC(C)NC(=NC)NCC(c1cnn(C)c1)N(C)C.I. The zero-order valence-corrected chi connectivity index (χ0v) is 16.3. The van der Waals surface area contributed by atoms with Crippen molar-refractivity contribution < 1.29 is 0 Å². The largest absolute Gasteiger partial charge is 0.354 e. The van der Waals surface area contributed by atoms with E-state index in [1.54, 1.807) is 7.05 Å². The van der Waals surface area contributed by atoms with Crippen LogP contribution in [-0.4, -0.2) is 54.4 Å². The van der Waals surface area contributed by atoms with Crippen molar-refractivity contribution in [2.45, 2.75) is 32.4 Å². The number of hydrogen-bond acceptors (Lipinski definition) is 3. The van der Waals surface area contributed by atoms with Gasteiger partial charge in [-0.3, -0.25) is 9.67 Å². The standard InChI is InChI=1S/C14H28N6.HI/c1-7-11(2)18-14(15-3)16-9-13(19(4)5)12-8-17-20(6)10-12;/h8,10-11,13H,7,9H2,1-6H3,(H2,15,16,18);1H. The minimum atomic E-state index is 0. The van der Waals surface area contributed by atoms with Crippen molar-refractivity contribution >= 4 is 29.9 Å². The third kappa shape index (κ3) is 6.64. The summed E-state index contributed by atoms with van der Waals surface area (Å²) in [7, 11) is 7.88. The van der Waals surface area contributed by atoms with E-state index in [1.807, 2.05) is 17.9 Å². The maximum atomic E-state index is 4.26. The van der Waals surface area contributed by atoms with Crippen LogP contribution in [0.2, 0.25) is 0 Å². The van der Waals surface area contributed by atoms with Crippen LogP contribution in [0.1, 0.15) is 31.9 Å². The highest BCUT2D eigenvalue weighted by Crippen LogP contribution is 2.15. The van der Waals surface area contributed by atoms with Crippen molar-refractivity contribution in [2.24, 2.45) is 12.0 Å². The van der Waals surface area contributed by atoms with Crippen LogP contribution in [0.3, 0.4) is 0 Å². The highest BCUT2D eigenvalue weighted by molar-refractivity contribution is 14.0. The molecule has 0 amide bonds. The number of rotatable bonds is 6. The van der Waals surface area contributed by atoms with Gasteiger partial charge in [0.1, 0.15) is 0 Å². The topological polar surface area (TPSA) is 57.5 Å². The summed E-state index contributed by atoms with van der Waals surface area (Å²) in [4.78, 5) is 6.44. The Morgan fingerprint density at radius 2 is 2.14 bits per heavy atom. The maximum absolute atomic E-state index is 4.26. The average molecular weight is 408 g/mol. The van der Waals surface area contributed by atoms with Gasteiger partial charge >= 0.3 is 0 Å². The first kappa shape index (κ1) is 20.2.